The van der Waals surface area contributed by atoms with Crippen LogP contribution in [0.2, 0.25) is 0 Å². The predicted molar refractivity (Wildman–Crippen MR) is 115 cm³/mol. The number of carbonyl (C=O) groups is 1. The smallest absolute Gasteiger partial charge is 0.227 e. The van der Waals surface area contributed by atoms with Crippen LogP contribution in [0.25, 0.3) is 0 Å². The molecular weight excluding hydrogens is 380 g/mol. The molecule has 29 heavy (non-hydrogen) atoms. The molecule has 0 radical (unpaired) electrons. The number of Topliss-reactive ketones (excluding diaryl/α,β-unsaturated/α-hetero) is 1. The number of fused-ring (bicyclic) bond motifs is 1. The molecular formula is C23H22N4OS. The zero-order valence-electron chi connectivity index (χ0n) is 16.3. The zero-order valence-corrected chi connectivity index (χ0v) is 17.1. The summed E-state index contributed by atoms with van der Waals surface area (Å²) in [6.07, 6.45) is 2.36. The molecule has 2 heterocycles. The van der Waals surface area contributed by atoms with Crippen LogP contribution in [-0.2, 0) is 10.5 Å². The molecule has 0 fully saturated rings. The third-order valence-corrected chi connectivity index (χ3v) is 6.45. The third kappa shape index (κ3) is 3.38. The molecule has 146 valence electrons. The van der Waals surface area contributed by atoms with Crippen LogP contribution in [0.15, 0.2) is 71.0 Å². The molecule has 1 aliphatic carbocycles. The molecule has 2 aromatic carbocycles. The largest absolute Gasteiger partial charge is 0.328 e. The maximum absolute atomic E-state index is 12.9. The summed E-state index contributed by atoms with van der Waals surface area (Å²) in [5, 5.41) is 8.94. The summed E-state index contributed by atoms with van der Waals surface area (Å²) in [6.45, 7) is 2.09. The van der Waals surface area contributed by atoms with Crippen LogP contribution in [0.3, 0.4) is 0 Å². The normalized spacial score (nSPS) is 18.2. The highest BCUT2D eigenvalue weighted by atomic mass is 32.2. The van der Waals surface area contributed by atoms with E-state index in [1.807, 2.05) is 35.0 Å². The second-order valence-corrected chi connectivity index (χ2v) is 8.43. The van der Waals surface area contributed by atoms with Gasteiger partial charge in [0.15, 0.2) is 5.78 Å². The first kappa shape index (κ1) is 18.2. The van der Waals surface area contributed by atoms with Gasteiger partial charge in [-0.25, -0.2) is 4.68 Å². The van der Waals surface area contributed by atoms with Crippen molar-refractivity contribution in [2.75, 3.05) is 5.32 Å². The summed E-state index contributed by atoms with van der Waals surface area (Å²) in [5.41, 5.74) is 5.37. The number of rotatable bonds is 4. The van der Waals surface area contributed by atoms with Crippen LogP contribution < -0.4 is 5.32 Å². The topological polar surface area (TPSA) is 59.8 Å². The van der Waals surface area contributed by atoms with Crippen molar-refractivity contribution in [3.63, 3.8) is 0 Å². The first-order valence-electron chi connectivity index (χ1n) is 9.93. The molecule has 2 aliphatic rings. The Kier molecular flexibility index (Phi) is 4.72. The Morgan fingerprint density at radius 1 is 1.10 bits per heavy atom. The molecule has 1 atom stereocenters. The number of hydrogen-bond donors (Lipinski definition) is 1. The quantitative estimate of drug-likeness (QED) is 0.629. The zero-order chi connectivity index (χ0) is 19.8. The minimum Gasteiger partial charge on any atom is -0.328 e. The highest BCUT2D eigenvalue weighted by Gasteiger charge is 2.37. The second kappa shape index (κ2) is 7.52. The molecule has 0 unspecified atom stereocenters. The van der Waals surface area contributed by atoms with E-state index in [0.29, 0.717) is 6.42 Å². The van der Waals surface area contributed by atoms with Crippen molar-refractivity contribution in [3.8, 4) is 0 Å². The molecule has 5 nitrogen and oxygen atoms in total. The lowest BCUT2D eigenvalue weighted by atomic mass is 9.84. The maximum atomic E-state index is 12.9. The number of allylic oxidation sites excluding steroid dienone is 2. The molecule has 0 amide bonds. The van der Waals surface area contributed by atoms with Gasteiger partial charge in [-0.05, 0) is 36.5 Å². The van der Waals surface area contributed by atoms with Gasteiger partial charge in [-0.15, -0.1) is 5.10 Å². The Morgan fingerprint density at radius 3 is 2.72 bits per heavy atom. The number of nitrogens with one attached hydrogen (secondary N) is 1. The van der Waals surface area contributed by atoms with Crippen LogP contribution in [0.1, 0.15) is 42.0 Å². The molecule has 6 heteroatoms. The van der Waals surface area contributed by atoms with Crippen molar-refractivity contribution in [1.29, 1.82) is 0 Å². The van der Waals surface area contributed by atoms with E-state index >= 15 is 0 Å². The third-order valence-electron chi connectivity index (χ3n) is 5.54. The molecule has 5 rings (SSSR count). The van der Waals surface area contributed by atoms with E-state index in [1.54, 1.807) is 11.8 Å². The lowest BCUT2D eigenvalue weighted by molar-refractivity contribution is -0.116. The van der Waals surface area contributed by atoms with Crippen molar-refractivity contribution in [1.82, 2.24) is 14.8 Å². The Morgan fingerprint density at radius 2 is 1.90 bits per heavy atom. The number of anilines is 1. The molecule has 0 saturated carbocycles. The molecule has 0 spiro atoms. The summed E-state index contributed by atoms with van der Waals surface area (Å²) >= 11 is 1.62. The van der Waals surface area contributed by atoms with E-state index in [0.717, 1.165) is 52.1 Å². The first-order valence-corrected chi connectivity index (χ1v) is 10.9. The van der Waals surface area contributed by atoms with Gasteiger partial charge in [0.25, 0.3) is 0 Å². The van der Waals surface area contributed by atoms with Gasteiger partial charge < -0.3 is 5.32 Å². The summed E-state index contributed by atoms with van der Waals surface area (Å²) in [6, 6.07) is 18.3. The molecule has 1 aromatic heterocycles. The van der Waals surface area contributed by atoms with Gasteiger partial charge in [0.2, 0.25) is 11.1 Å². The molecule has 3 aromatic rings. The Balaban J connectivity index is 1.54. The Labute approximate surface area is 174 Å². The van der Waals surface area contributed by atoms with Gasteiger partial charge in [0.05, 0.1) is 0 Å². The van der Waals surface area contributed by atoms with Gasteiger partial charge >= 0.3 is 0 Å². The van der Waals surface area contributed by atoms with E-state index in [-0.39, 0.29) is 11.8 Å². The van der Waals surface area contributed by atoms with E-state index < -0.39 is 0 Å². The number of thioether (sulfide) groups is 1. The van der Waals surface area contributed by atoms with Crippen LogP contribution in [0.4, 0.5) is 5.95 Å². The summed E-state index contributed by atoms with van der Waals surface area (Å²) in [4.78, 5) is 17.6. The highest BCUT2D eigenvalue weighted by Crippen LogP contribution is 2.41. The van der Waals surface area contributed by atoms with Crippen LogP contribution in [-0.4, -0.2) is 20.5 Å². The number of ketones is 1. The minimum atomic E-state index is -0.214. The standard InChI is InChI=1S/C23H22N4OS/c1-15-8-5-6-11-17(15)21-20-18(12-7-13-19(20)28)24-22-25-23(26-27(21)22)29-14-16-9-3-2-4-10-16/h2-6,8-11,21H,7,12-14H2,1H3,(H,24,25,26)/t21-/m0/s1. The van der Waals surface area contributed by atoms with Crippen molar-refractivity contribution >= 4 is 23.5 Å². The Bertz CT molecular complexity index is 1100. The average molecular weight is 403 g/mol. The van der Waals surface area contributed by atoms with Crippen LogP contribution in [0, 0.1) is 6.92 Å². The number of aryl methyl sites for hydroxylation is 1. The van der Waals surface area contributed by atoms with Crippen molar-refractivity contribution < 1.29 is 4.79 Å². The number of nitrogens with zero attached hydrogens (tertiary/aromatic N) is 3. The molecule has 1 N–H and O–H groups in total. The van der Waals surface area contributed by atoms with E-state index in [9.17, 15) is 4.79 Å². The van der Waals surface area contributed by atoms with Gasteiger partial charge in [-0.2, -0.15) is 4.98 Å². The van der Waals surface area contributed by atoms with E-state index in [4.69, 9.17) is 10.1 Å². The van der Waals surface area contributed by atoms with Crippen LogP contribution >= 0.6 is 11.8 Å². The lowest BCUT2D eigenvalue weighted by Crippen LogP contribution is -2.31. The highest BCUT2D eigenvalue weighted by molar-refractivity contribution is 7.98. The SMILES string of the molecule is Cc1ccccc1[C@H]1C2=C(CCCC2=O)Nc2nc(SCc3ccccc3)nn21. The lowest BCUT2D eigenvalue weighted by Gasteiger charge is -2.32. The van der Waals surface area contributed by atoms with Gasteiger partial charge in [-0.1, -0.05) is 66.4 Å². The van der Waals surface area contributed by atoms with Crippen molar-refractivity contribution in [2.24, 2.45) is 0 Å². The summed E-state index contributed by atoms with van der Waals surface area (Å²) in [5.74, 6) is 1.75. The monoisotopic (exact) mass is 402 g/mol. The Hall–Kier alpha value is -2.86. The fourth-order valence-electron chi connectivity index (χ4n) is 4.10. The minimum absolute atomic E-state index is 0.214. The number of hydrogen-bond acceptors (Lipinski definition) is 5. The van der Waals surface area contributed by atoms with E-state index in [1.165, 1.54) is 5.56 Å². The molecule has 0 saturated heterocycles. The van der Waals surface area contributed by atoms with E-state index in [2.05, 4.69) is 36.5 Å². The van der Waals surface area contributed by atoms with Gasteiger partial charge in [-0.3, -0.25) is 4.79 Å². The molecule has 0 bridgehead atoms. The predicted octanol–water partition coefficient (Wildman–Crippen LogP) is 4.90. The maximum Gasteiger partial charge on any atom is 0.227 e. The van der Waals surface area contributed by atoms with Crippen LogP contribution in [0.5, 0.6) is 0 Å². The summed E-state index contributed by atoms with van der Waals surface area (Å²) in [7, 11) is 0. The first-order chi connectivity index (χ1) is 14.2. The number of carbonyl (C=O) groups excluding carboxylic acids is 1. The van der Waals surface area contributed by atoms with Gasteiger partial charge in [0, 0.05) is 23.4 Å². The average Bonchev–Trinajstić information content (AvgIpc) is 3.15. The summed E-state index contributed by atoms with van der Waals surface area (Å²) < 4.78 is 1.90. The number of benzene rings is 2. The van der Waals surface area contributed by atoms with Gasteiger partial charge in [0.1, 0.15) is 6.04 Å². The van der Waals surface area contributed by atoms with Crippen molar-refractivity contribution in [2.45, 2.75) is 43.1 Å². The fraction of sp³-hybridized carbons (Fsp3) is 0.261. The number of aromatic nitrogens is 3. The molecule has 1 aliphatic heterocycles. The second-order valence-electron chi connectivity index (χ2n) is 7.49. The van der Waals surface area contributed by atoms with Crippen molar-refractivity contribution in [3.05, 3.63) is 82.6 Å². The fourth-order valence-corrected chi connectivity index (χ4v) is 4.89.